The van der Waals surface area contributed by atoms with Crippen molar-refractivity contribution in [2.75, 3.05) is 11.9 Å². The first-order valence-electron chi connectivity index (χ1n) is 7.72. The van der Waals surface area contributed by atoms with Crippen LogP contribution >= 0.6 is 0 Å². The van der Waals surface area contributed by atoms with Crippen LogP contribution in [-0.4, -0.2) is 44.1 Å². The quantitative estimate of drug-likeness (QED) is 0.643. The van der Waals surface area contributed by atoms with Gasteiger partial charge in [0.15, 0.2) is 0 Å². The average Bonchev–Trinajstić information content (AvgIpc) is 3.25. The Bertz CT molecular complexity index is 795. The van der Waals surface area contributed by atoms with Crippen molar-refractivity contribution >= 4 is 22.8 Å². The number of aromatic amines is 1. The lowest BCUT2D eigenvalue weighted by Crippen LogP contribution is -2.44. The Morgan fingerprint density at radius 1 is 1.38 bits per heavy atom. The number of benzene rings is 1. The third kappa shape index (κ3) is 3.38. The van der Waals surface area contributed by atoms with Gasteiger partial charge in [-0.3, -0.25) is 0 Å². The third-order valence-electron chi connectivity index (χ3n) is 3.86. The molecular weight excluding hydrogens is 310 g/mol. The molecule has 1 atom stereocenters. The highest BCUT2D eigenvalue weighted by Crippen LogP contribution is 2.18. The number of nitrogens with one attached hydrogen (secondary N) is 2. The van der Waals surface area contributed by atoms with Crippen LogP contribution in [0.4, 0.5) is 10.5 Å². The number of hydrogen-bond acceptors (Lipinski definition) is 5. The lowest BCUT2D eigenvalue weighted by molar-refractivity contribution is 0.129. The summed E-state index contributed by atoms with van der Waals surface area (Å²) in [6.45, 7) is 2.09. The summed E-state index contributed by atoms with van der Waals surface area (Å²) in [6, 6.07) is 8.22. The molecule has 2 heterocycles. The number of furan rings is 1. The van der Waals surface area contributed by atoms with Crippen molar-refractivity contribution in [1.29, 1.82) is 0 Å². The van der Waals surface area contributed by atoms with Crippen LogP contribution < -0.4 is 5.32 Å². The van der Waals surface area contributed by atoms with E-state index in [2.05, 4.69) is 20.7 Å². The summed E-state index contributed by atoms with van der Waals surface area (Å²) < 4.78 is 5.33. The van der Waals surface area contributed by atoms with Crippen LogP contribution in [0, 0.1) is 0 Å². The second kappa shape index (κ2) is 7.14. The van der Waals surface area contributed by atoms with Crippen LogP contribution in [0.2, 0.25) is 0 Å². The van der Waals surface area contributed by atoms with E-state index in [0.717, 1.165) is 5.52 Å². The number of carbonyl (C=O) groups excluding carboxylic acids is 1. The van der Waals surface area contributed by atoms with Crippen molar-refractivity contribution < 1.29 is 14.3 Å². The van der Waals surface area contributed by atoms with E-state index in [9.17, 15) is 9.90 Å². The standard InChI is InChI=1S/C16H19N5O3/c1-2-12(10-22)21(9-13-4-3-7-24-13)16(23)17-11-5-6-14-15(8-11)19-20-18-14/h3-8,12,22H,2,9-10H2,1H3,(H,17,23)(H,18,19,20)/t12-/m1/s1. The van der Waals surface area contributed by atoms with Crippen LogP contribution in [0.5, 0.6) is 0 Å². The number of fused-ring (bicyclic) bond motifs is 1. The van der Waals surface area contributed by atoms with E-state index in [0.29, 0.717) is 23.4 Å². The fourth-order valence-electron chi connectivity index (χ4n) is 2.50. The van der Waals surface area contributed by atoms with E-state index in [4.69, 9.17) is 4.42 Å². The molecule has 0 aliphatic rings. The molecule has 2 amide bonds. The Hall–Kier alpha value is -2.87. The molecule has 0 spiro atoms. The molecule has 0 radical (unpaired) electrons. The number of carbonyl (C=O) groups is 1. The Morgan fingerprint density at radius 2 is 2.21 bits per heavy atom. The Labute approximate surface area is 138 Å². The highest BCUT2D eigenvalue weighted by molar-refractivity contribution is 5.91. The van der Waals surface area contributed by atoms with Gasteiger partial charge in [-0.25, -0.2) is 4.79 Å². The molecule has 2 aromatic heterocycles. The second-order valence-electron chi connectivity index (χ2n) is 5.41. The minimum atomic E-state index is -0.310. The van der Waals surface area contributed by atoms with Crippen molar-refractivity contribution in [3.8, 4) is 0 Å². The zero-order chi connectivity index (χ0) is 16.9. The molecule has 3 aromatic rings. The van der Waals surface area contributed by atoms with Gasteiger partial charge in [-0.05, 0) is 36.8 Å². The second-order valence-corrected chi connectivity index (χ2v) is 5.41. The summed E-state index contributed by atoms with van der Waals surface area (Å²) in [4.78, 5) is 14.3. The number of aliphatic hydroxyl groups excluding tert-OH is 1. The minimum Gasteiger partial charge on any atom is -0.467 e. The highest BCUT2D eigenvalue weighted by atomic mass is 16.3. The molecular formula is C16H19N5O3. The van der Waals surface area contributed by atoms with Crippen LogP contribution in [0.15, 0.2) is 41.0 Å². The number of amides is 2. The van der Waals surface area contributed by atoms with Crippen molar-refractivity contribution in [2.45, 2.75) is 25.9 Å². The maximum atomic E-state index is 12.7. The highest BCUT2D eigenvalue weighted by Gasteiger charge is 2.23. The molecule has 0 saturated heterocycles. The topological polar surface area (TPSA) is 107 Å². The van der Waals surface area contributed by atoms with Gasteiger partial charge >= 0.3 is 6.03 Å². The predicted octanol–water partition coefficient (Wildman–Crippen LogP) is 2.36. The Balaban J connectivity index is 1.78. The van der Waals surface area contributed by atoms with Crippen molar-refractivity contribution in [1.82, 2.24) is 20.3 Å². The summed E-state index contributed by atoms with van der Waals surface area (Å²) in [5.74, 6) is 0.656. The molecule has 0 aliphatic heterocycles. The third-order valence-corrected chi connectivity index (χ3v) is 3.86. The molecule has 1 aromatic carbocycles. The van der Waals surface area contributed by atoms with Gasteiger partial charge in [0.1, 0.15) is 16.8 Å². The van der Waals surface area contributed by atoms with Crippen molar-refractivity contribution in [2.24, 2.45) is 0 Å². The van der Waals surface area contributed by atoms with Gasteiger partial charge in [0, 0.05) is 5.69 Å². The first-order valence-corrected chi connectivity index (χ1v) is 7.72. The monoisotopic (exact) mass is 329 g/mol. The number of H-pyrrole nitrogens is 1. The van der Waals surface area contributed by atoms with E-state index >= 15 is 0 Å². The van der Waals surface area contributed by atoms with E-state index < -0.39 is 0 Å². The van der Waals surface area contributed by atoms with Gasteiger partial charge in [0.05, 0.1) is 25.5 Å². The predicted molar refractivity (Wildman–Crippen MR) is 88.3 cm³/mol. The maximum Gasteiger partial charge on any atom is 0.322 e. The Kier molecular flexibility index (Phi) is 4.76. The fraction of sp³-hybridized carbons (Fsp3) is 0.312. The number of nitrogens with zero attached hydrogens (tertiary/aromatic N) is 3. The average molecular weight is 329 g/mol. The van der Waals surface area contributed by atoms with Crippen LogP contribution in [-0.2, 0) is 6.54 Å². The van der Waals surface area contributed by atoms with Gasteiger partial charge in [0.2, 0.25) is 0 Å². The number of urea groups is 1. The number of aromatic nitrogens is 3. The van der Waals surface area contributed by atoms with Crippen LogP contribution in [0.3, 0.4) is 0 Å². The number of anilines is 1. The van der Waals surface area contributed by atoms with E-state index in [-0.39, 0.29) is 25.2 Å². The molecule has 24 heavy (non-hydrogen) atoms. The molecule has 126 valence electrons. The zero-order valence-corrected chi connectivity index (χ0v) is 13.3. The summed E-state index contributed by atoms with van der Waals surface area (Å²) >= 11 is 0. The number of aliphatic hydroxyl groups is 1. The number of hydrogen-bond donors (Lipinski definition) is 3. The summed E-state index contributed by atoms with van der Waals surface area (Å²) in [5.41, 5.74) is 2.00. The van der Waals surface area contributed by atoms with Crippen LogP contribution in [0.25, 0.3) is 11.0 Å². The van der Waals surface area contributed by atoms with Crippen LogP contribution in [0.1, 0.15) is 19.1 Å². The lowest BCUT2D eigenvalue weighted by Gasteiger charge is -2.29. The SMILES string of the molecule is CC[C@H](CO)N(Cc1ccco1)C(=O)Nc1ccc2n[nH]nc2c1. The van der Waals surface area contributed by atoms with E-state index in [1.54, 1.807) is 41.5 Å². The molecule has 8 heteroatoms. The van der Waals surface area contributed by atoms with Gasteiger partial charge in [-0.2, -0.15) is 15.4 Å². The van der Waals surface area contributed by atoms with E-state index in [1.165, 1.54) is 0 Å². The molecule has 0 unspecified atom stereocenters. The fourth-order valence-corrected chi connectivity index (χ4v) is 2.50. The zero-order valence-electron chi connectivity index (χ0n) is 13.3. The van der Waals surface area contributed by atoms with Crippen molar-refractivity contribution in [3.63, 3.8) is 0 Å². The van der Waals surface area contributed by atoms with E-state index in [1.807, 2.05) is 6.92 Å². The summed E-state index contributed by atoms with van der Waals surface area (Å²) in [6.07, 6.45) is 2.19. The first kappa shape index (κ1) is 16.0. The lowest BCUT2D eigenvalue weighted by atomic mass is 10.2. The first-order chi connectivity index (χ1) is 11.7. The summed E-state index contributed by atoms with van der Waals surface area (Å²) in [7, 11) is 0. The van der Waals surface area contributed by atoms with Gasteiger partial charge in [0.25, 0.3) is 0 Å². The van der Waals surface area contributed by atoms with Gasteiger partial charge in [-0.15, -0.1) is 0 Å². The minimum absolute atomic E-state index is 0.118. The molecule has 0 saturated carbocycles. The molecule has 0 aliphatic carbocycles. The molecule has 3 N–H and O–H groups in total. The van der Waals surface area contributed by atoms with Crippen molar-refractivity contribution in [3.05, 3.63) is 42.4 Å². The molecule has 0 bridgehead atoms. The summed E-state index contributed by atoms with van der Waals surface area (Å²) in [5, 5.41) is 22.9. The molecule has 0 fully saturated rings. The molecule has 8 nitrogen and oxygen atoms in total. The largest absolute Gasteiger partial charge is 0.467 e. The molecule has 3 rings (SSSR count). The smallest absolute Gasteiger partial charge is 0.322 e. The normalized spacial score (nSPS) is 12.2. The number of rotatable bonds is 6. The van der Waals surface area contributed by atoms with Gasteiger partial charge in [-0.1, -0.05) is 6.92 Å². The van der Waals surface area contributed by atoms with Gasteiger partial charge < -0.3 is 19.7 Å². The Morgan fingerprint density at radius 3 is 2.92 bits per heavy atom. The maximum absolute atomic E-state index is 12.7.